The van der Waals surface area contributed by atoms with Crippen molar-refractivity contribution in [3.8, 4) is 0 Å². The first-order chi connectivity index (χ1) is 12.4. The van der Waals surface area contributed by atoms with Crippen molar-refractivity contribution in [2.24, 2.45) is 23.7 Å². The first-order valence-electron chi connectivity index (χ1n) is 10.5. The SMILES string of the molecule is C=C(CC(=O)OC(C)CC(C)CC(C)C)C(=O)OC(C)CC(C)CC(C)C. The summed E-state index contributed by atoms with van der Waals surface area (Å²) < 4.78 is 10.9. The summed E-state index contributed by atoms with van der Waals surface area (Å²) in [7, 11) is 0. The van der Waals surface area contributed by atoms with Gasteiger partial charge in [0.25, 0.3) is 0 Å². The lowest BCUT2D eigenvalue weighted by molar-refractivity contribution is -0.151. The van der Waals surface area contributed by atoms with Crippen LogP contribution in [0.15, 0.2) is 12.2 Å². The van der Waals surface area contributed by atoms with Gasteiger partial charge in [0, 0.05) is 5.57 Å². The van der Waals surface area contributed by atoms with Gasteiger partial charge in [0.05, 0.1) is 18.6 Å². The fourth-order valence-electron chi connectivity index (χ4n) is 3.81. The van der Waals surface area contributed by atoms with Gasteiger partial charge in [-0.05, 0) is 63.2 Å². The Bertz CT molecular complexity index is 467. The van der Waals surface area contributed by atoms with E-state index in [9.17, 15) is 9.59 Å². The Hall–Kier alpha value is -1.32. The normalized spacial score (nSPS) is 15.9. The van der Waals surface area contributed by atoms with E-state index in [0.29, 0.717) is 23.7 Å². The Balaban J connectivity index is 4.26. The zero-order valence-electron chi connectivity index (χ0n) is 18.8. The molecule has 0 saturated carbocycles. The first-order valence-corrected chi connectivity index (χ1v) is 10.5. The minimum absolute atomic E-state index is 0.115. The molecule has 0 N–H and O–H groups in total. The molecule has 0 spiro atoms. The first kappa shape index (κ1) is 25.7. The van der Waals surface area contributed by atoms with Crippen LogP contribution in [0.5, 0.6) is 0 Å². The lowest BCUT2D eigenvalue weighted by atomic mass is 9.94. The van der Waals surface area contributed by atoms with E-state index >= 15 is 0 Å². The van der Waals surface area contributed by atoms with Crippen LogP contribution in [0.25, 0.3) is 0 Å². The molecule has 0 aromatic rings. The molecule has 0 aliphatic carbocycles. The minimum atomic E-state index is -0.503. The summed E-state index contributed by atoms with van der Waals surface area (Å²) in [6, 6.07) is 0. The van der Waals surface area contributed by atoms with Crippen LogP contribution in [0.1, 0.15) is 87.5 Å². The molecule has 4 nitrogen and oxygen atoms in total. The zero-order valence-corrected chi connectivity index (χ0v) is 18.8. The molecule has 0 aromatic carbocycles. The van der Waals surface area contributed by atoms with Crippen molar-refractivity contribution < 1.29 is 19.1 Å². The standard InChI is InChI=1S/C23H42O4/c1-15(2)10-17(5)12-20(8)26-22(24)14-19(7)23(25)27-21(9)13-18(6)11-16(3)4/h15-18,20-21H,7,10-14H2,1-6,8-9H3. The van der Waals surface area contributed by atoms with Gasteiger partial charge in [0.15, 0.2) is 0 Å². The molecule has 0 fully saturated rings. The largest absolute Gasteiger partial charge is 0.462 e. The van der Waals surface area contributed by atoms with Gasteiger partial charge in [-0.2, -0.15) is 0 Å². The molecule has 4 heteroatoms. The summed E-state index contributed by atoms with van der Waals surface area (Å²) >= 11 is 0. The van der Waals surface area contributed by atoms with Gasteiger partial charge in [-0.1, -0.05) is 48.1 Å². The molecule has 0 aliphatic rings. The van der Waals surface area contributed by atoms with E-state index in [1.165, 1.54) is 0 Å². The second-order valence-corrected chi connectivity index (χ2v) is 9.24. The van der Waals surface area contributed by atoms with Gasteiger partial charge in [-0.25, -0.2) is 4.79 Å². The number of ether oxygens (including phenoxy) is 2. The Morgan fingerprint density at radius 2 is 1.11 bits per heavy atom. The zero-order chi connectivity index (χ0) is 21.1. The highest BCUT2D eigenvalue weighted by Gasteiger charge is 2.20. The lowest BCUT2D eigenvalue weighted by Gasteiger charge is -2.20. The molecule has 0 amide bonds. The van der Waals surface area contributed by atoms with E-state index in [0.717, 1.165) is 25.7 Å². The van der Waals surface area contributed by atoms with Gasteiger partial charge in [0.2, 0.25) is 0 Å². The highest BCUT2D eigenvalue weighted by atomic mass is 16.5. The molecule has 0 saturated heterocycles. The van der Waals surface area contributed by atoms with Crippen molar-refractivity contribution in [3.05, 3.63) is 12.2 Å². The Labute approximate surface area is 167 Å². The number of carbonyl (C=O) groups is 2. The Morgan fingerprint density at radius 3 is 1.52 bits per heavy atom. The fourth-order valence-corrected chi connectivity index (χ4v) is 3.81. The van der Waals surface area contributed by atoms with Crippen LogP contribution in [0.3, 0.4) is 0 Å². The van der Waals surface area contributed by atoms with Crippen LogP contribution >= 0.6 is 0 Å². The van der Waals surface area contributed by atoms with E-state index < -0.39 is 11.9 Å². The molecule has 27 heavy (non-hydrogen) atoms. The van der Waals surface area contributed by atoms with Crippen LogP contribution in [0, 0.1) is 23.7 Å². The highest BCUT2D eigenvalue weighted by Crippen LogP contribution is 2.20. The molecule has 4 unspecified atom stereocenters. The molecule has 4 atom stereocenters. The Kier molecular flexibility index (Phi) is 12.3. The summed E-state index contributed by atoms with van der Waals surface area (Å²) in [5.41, 5.74) is 0.158. The average molecular weight is 383 g/mol. The van der Waals surface area contributed by atoms with E-state index in [1.807, 2.05) is 13.8 Å². The number of hydrogen-bond donors (Lipinski definition) is 0. The predicted molar refractivity (Wildman–Crippen MR) is 111 cm³/mol. The monoisotopic (exact) mass is 382 g/mol. The maximum atomic E-state index is 12.1. The summed E-state index contributed by atoms with van der Waals surface area (Å²) in [4.78, 5) is 24.2. The third-order valence-corrected chi connectivity index (χ3v) is 4.50. The smallest absolute Gasteiger partial charge is 0.334 e. The molecule has 0 aromatic heterocycles. The molecule has 0 bridgehead atoms. The summed E-state index contributed by atoms with van der Waals surface area (Å²) in [6.07, 6.45) is 3.38. The second-order valence-electron chi connectivity index (χ2n) is 9.24. The van der Waals surface area contributed by atoms with Gasteiger partial charge >= 0.3 is 11.9 Å². The molecular formula is C23H42O4. The van der Waals surface area contributed by atoms with Crippen LogP contribution in [-0.4, -0.2) is 24.1 Å². The van der Waals surface area contributed by atoms with Crippen LogP contribution in [0.2, 0.25) is 0 Å². The van der Waals surface area contributed by atoms with Gasteiger partial charge < -0.3 is 9.47 Å². The number of hydrogen-bond acceptors (Lipinski definition) is 4. The van der Waals surface area contributed by atoms with E-state index in [-0.39, 0.29) is 24.2 Å². The van der Waals surface area contributed by atoms with E-state index in [1.54, 1.807) is 0 Å². The van der Waals surface area contributed by atoms with Gasteiger partial charge in [-0.15, -0.1) is 0 Å². The van der Waals surface area contributed by atoms with Crippen LogP contribution < -0.4 is 0 Å². The molecule has 0 radical (unpaired) electrons. The van der Waals surface area contributed by atoms with Crippen molar-refractivity contribution in [2.45, 2.75) is 99.7 Å². The summed E-state index contributed by atoms with van der Waals surface area (Å²) in [5, 5.41) is 0. The molecule has 0 aliphatic heterocycles. The Morgan fingerprint density at radius 1 is 0.704 bits per heavy atom. The maximum Gasteiger partial charge on any atom is 0.334 e. The quantitative estimate of drug-likeness (QED) is 0.292. The molecule has 0 rings (SSSR count). The number of esters is 2. The summed E-state index contributed by atoms with van der Waals surface area (Å²) in [5.74, 6) is 1.31. The molecule has 0 heterocycles. The van der Waals surface area contributed by atoms with Crippen molar-refractivity contribution in [1.82, 2.24) is 0 Å². The minimum Gasteiger partial charge on any atom is -0.462 e. The topological polar surface area (TPSA) is 52.6 Å². The number of rotatable bonds is 13. The van der Waals surface area contributed by atoms with Crippen molar-refractivity contribution >= 4 is 11.9 Å². The average Bonchev–Trinajstić information content (AvgIpc) is 2.43. The van der Waals surface area contributed by atoms with Crippen molar-refractivity contribution in [1.29, 1.82) is 0 Å². The maximum absolute atomic E-state index is 12.1. The van der Waals surface area contributed by atoms with E-state index in [4.69, 9.17) is 9.47 Å². The van der Waals surface area contributed by atoms with Crippen molar-refractivity contribution in [3.63, 3.8) is 0 Å². The number of carbonyl (C=O) groups excluding carboxylic acids is 2. The predicted octanol–water partition coefficient (Wildman–Crippen LogP) is 5.94. The van der Waals surface area contributed by atoms with E-state index in [2.05, 4.69) is 48.1 Å². The highest BCUT2D eigenvalue weighted by molar-refractivity contribution is 5.93. The van der Waals surface area contributed by atoms with Crippen LogP contribution in [0.4, 0.5) is 0 Å². The fraction of sp³-hybridized carbons (Fsp3) is 0.826. The lowest BCUT2D eigenvalue weighted by Crippen LogP contribution is -2.22. The van der Waals surface area contributed by atoms with Crippen LogP contribution in [-0.2, 0) is 19.1 Å². The third kappa shape index (κ3) is 13.5. The summed E-state index contributed by atoms with van der Waals surface area (Å²) in [6.45, 7) is 20.6. The second kappa shape index (κ2) is 13.0. The molecule has 158 valence electrons. The molecular weight excluding hydrogens is 340 g/mol. The van der Waals surface area contributed by atoms with Gasteiger partial charge in [0.1, 0.15) is 0 Å². The van der Waals surface area contributed by atoms with Gasteiger partial charge in [-0.3, -0.25) is 4.79 Å². The van der Waals surface area contributed by atoms with Crippen molar-refractivity contribution in [2.75, 3.05) is 0 Å². The third-order valence-electron chi connectivity index (χ3n) is 4.50.